The Bertz CT molecular complexity index is 1090. The van der Waals surface area contributed by atoms with Crippen molar-refractivity contribution in [2.75, 3.05) is 13.1 Å². The molecule has 2 amide bonds. The Hall–Kier alpha value is -3.22. The summed E-state index contributed by atoms with van der Waals surface area (Å²) in [4.78, 5) is 27.7. The first kappa shape index (κ1) is 18.8. The van der Waals surface area contributed by atoms with Crippen LogP contribution in [0.3, 0.4) is 0 Å². The number of piperidine rings is 1. The van der Waals surface area contributed by atoms with Gasteiger partial charge in [-0.15, -0.1) is 0 Å². The second-order valence-corrected chi connectivity index (χ2v) is 8.57. The molecule has 1 saturated heterocycles. The molecule has 0 radical (unpaired) electrons. The summed E-state index contributed by atoms with van der Waals surface area (Å²) in [5.41, 5.74) is 3.98. The number of hydrogen-bond donors (Lipinski definition) is 2. The number of rotatable bonds is 4. The van der Waals surface area contributed by atoms with Gasteiger partial charge in [-0.2, -0.15) is 15.4 Å². The number of aromatic amines is 1. The number of hydrogen-bond acceptors (Lipinski definition) is 4. The Labute approximate surface area is 174 Å². The number of nitrogens with zero attached hydrogens (tertiary/aromatic N) is 3. The summed E-state index contributed by atoms with van der Waals surface area (Å²) in [6, 6.07) is 12.9. The predicted octanol–water partition coefficient (Wildman–Crippen LogP) is 3.15. The molecule has 30 heavy (non-hydrogen) atoms. The lowest BCUT2D eigenvalue weighted by Gasteiger charge is -2.33. The molecular weight excluding hydrogens is 378 g/mol. The average Bonchev–Trinajstić information content (AvgIpc) is 3.33. The molecule has 0 unspecified atom stereocenters. The molecule has 7 nitrogen and oxygen atoms in total. The Kier molecular flexibility index (Phi) is 4.53. The number of carbonyl (C=O) groups excluding carboxylic acids is 2. The largest absolute Gasteiger partial charge is 0.341 e. The normalized spacial score (nSPS) is 18.4. The summed E-state index contributed by atoms with van der Waals surface area (Å²) in [7, 11) is 0. The number of nitrogens with one attached hydrogen (secondary N) is 2. The van der Waals surface area contributed by atoms with Crippen molar-refractivity contribution in [3.63, 3.8) is 0 Å². The van der Waals surface area contributed by atoms with E-state index in [1.165, 1.54) is 12.8 Å². The molecule has 2 aliphatic rings. The van der Waals surface area contributed by atoms with Gasteiger partial charge in [0.25, 0.3) is 5.91 Å². The minimum Gasteiger partial charge on any atom is -0.341 e. The van der Waals surface area contributed by atoms with Crippen LogP contribution >= 0.6 is 0 Å². The molecule has 2 heterocycles. The highest BCUT2D eigenvalue weighted by Crippen LogP contribution is 2.53. The molecule has 2 fully saturated rings. The molecule has 7 heteroatoms. The number of fused-ring (bicyclic) bond motifs is 1. The number of H-pyrrole nitrogens is 1. The number of likely N-dealkylation sites (tertiary alicyclic amines) is 1. The number of amides is 2. The minimum absolute atomic E-state index is 0.0175. The highest BCUT2D eigenvalue weighted by molar-refractivity contribution is 6.09. The number of carbonyl (C=O) groups is 2. The SMILES string of the molecule is C[C@H](NC(=O)c1ccc(-c2ccccc2)c2n[nH]nc12)C(=O)N1CCC2(CC1)CC2. The van der Waals surface area contributed by atoms with Gasteiger partial charge in [-0.25, -0.2) is 0 Å². The highest BCUT2D eigenvalue weighted by atomic mass is 16.2. The summed E-state index contributed by atoms with van der Waals surface area (Å²) in [5, 5.41) is 13.9. The van der Waals surface area contributed by atoms with Crippen LogP contribution in [0.15, 0.2) is 42.5 Å². The number of aromatic nitrogens is 3. The van der Waals surface area contributed by atoms with Crippen LogP contribution in [0.2, 0.25) is 0 Å². The van der Waals surface area contributed by atoms with Crippen molar-refractivity contribution in [2.45, 2.75) is 38.6 Å². The van der Waals surface area contributed by atoms with Crippen molar-refractivity contribution in [1.29, 1.82) is 0 Å². The minimum atomic E-state index is -0.582. The zero-order chi connectivity index (χ0) is 20.7. The smallest absolute Gasteiger partial charge is 0.254 e. The third-order valence-electron chi connectivity index (χ3n) is 6.62. The fourth-order valence-corrected chi connectivity index (χ4v) is 4.45. The lowest BCUT2D eigenvalue weighted by atomic mass is 9.93. The maximum absolute atomic E-state index is 13.0. The molecule has 3 aromatic rings. The van der Waals surface area contributed by atoms with Gasteiger partial charge in [0.15, 0.2) is 0 Å². The summed E-state index contributed by atoms with van der Waals surface area (Å²) in [5.74, 6) is -0.332. The Balaban J connectivity index is 1.32. The van der Waals surface area contributed by atoms with Gasteiger partial charge in [0, 0.05) is 18.7 Å². The van der Waals surface area contributed by atoms with Crippen LogP contribution in [-0.4, -0.2) is 51.3 Å². The van der Waals surface area contributed by atoms with Gasteiger partial charge in [-0.05, 0) is 49.7 Å². The van der Waals surface area contributed by atoms with E-state index in [4.69, 9.17) is 0 Å². The van der Waals surface area contributed by atoms with Gasteiger partial charge in [-0.3, -0.25) is 9.59 Å². The standard InChI is InChI=1S/C23H25N5O2/c1-15(22(30)28-13-11-23(9-10-23)12-14-28)24-21(29)18-8-7-17(16-5-3-2-4-6-16)19-20(18)26-27-25-19/h2-8,15H,9-14H2,1H3,(H,24,29)(H,25,26,27)/t15-/m0/s1. The van der Waals surface area contributed by atoms with E-state index in [0.29, 0.717) is 22.0 Å². The van der Waals surface area contributed by atoms with E-state index in [2.05, 4.69) is 20.7 Å². The third kappa shape index (κ3) is 3.34. The second-order valence-electron chi connectivity index (χ2n) is 8.57. The predicted molar refractivity (Wildman–Crippen MR) is 114 cm³/mol. The third-order valence-corrected chi connectivity index (χ3v) is 6.62. The zero-order valence-electron chi connectivity index (χ0n) is 17.0. The first-order chi connectivity index (χ1) is 14.6. The average molecular weight is 403 g/mol. The maximum atomic E-state index is 13.0. The first-order valence-electron chi connectivity index (χ1n) is 10.5. The van der Waals surface area contributed by atoms with Crippen molar-refractivity contribution in [2.24, 2.45) is 5.41 Å². The van der Waals surface area contributed by atoms with Gasteiger partial charge in [0.2, 0.25) is 5.91 Å². The fourth-order valence-electron chi connectivity index (χ4n) is 4.45. The van der Waals surface area contributed by atoms with Gasteiger partial charge < -0.3 is 10.2 Å². The van der Waals surface area contributed by atoms with Crippen LogP contribution < -0.4 is 5.32 Å². The fraction of sp³-hybridized carbons (Fsp3) is 0.391. The molecule has 1 atom stereocenters. The van der Waals surface area contributed by atoms with Gasteiger partial charge in [0.05, 0.1) is 5.56 Å². The van der Waals surface area contributed by atoms with Crippen LogP contribution in [0.5, 0.6) is 0 Å². The van der Waals surface area contributed by atoms with E-state index in [1.807, 2.05) is 41.3 Å². The van der Waals surface area contributed by atoms with Crippen LogP contribution in [-0.2, 0) is 4.79 Å². The van der Waals surface area contributed by atoms with E-state index < -0.39 is 6.04 Å². The second kappa shape index (κ2) is 7.23. The highest BCUT2D eigenvalue weighted by Gasteiger charge is 2.45. The van der Waals surface area contributed by atoms with E-state index in [0.717, 1.165) is 37.1 Å². The van der Waals surface area contributed by atoms with Gasteiger partial charge in [0.1, 0.15) is 17.1 Å². The molecule has 1 spiro atoms. The van der Waals surface area contributed by atoms with Crippen molar-refractivity contribution >= 4 is 22.8 Å². The van der Waals surface area contributed by atoms with E-state index >= 15 is 0 Å². The van der Waals surface area contributed by atoms with Crippen LogP contribution in [0.25, 0.3) is 22.2 Å². The summed E-state index contributed by atoms with van der Waals surface area (Å²) < 4.78 is 0. The van der Waals surface area contributed by atoms with Crippen molar-refractivity contribution < 1.29 is 9.59 Å². The van der Waals surface area contributed by atoms with E-state index in [1.54, 1.807) is 13.0 Å². The summed E-state index contributed by atoms with van der Waals surface area (Å²) in [6.45, 7) is 3.33. The molecular formula is C23H25N5O2. The van der Waals surface area contributed by atoms with Crippen LogP contribution in [0, 0.1) is 5.41 Å². The quantitative estimate of drug-likeness (QED) is 0.700. The van der Waals surface area contributed by atoms with Crippen LogP contribution in [0.4, 0.5) is 0 Å². The lowest BCUT2D eigenvalue weighted by molar-refractivity contribution is -0.134. The summed E-state index contributed by atoms with van der Waals surface area (Å²) in [6.07, 6.45) is 4.77. The Morgan fingerprint density at radius 2 is 1.70 bits per heavy atom. The molecule has 1 aromatic heterocycles. The molecule has 0 bridgehead atoms. The van der Waals surface area contributed by atoms with E-state index in [-0.39, 0.29) is 11.8 Å². The van der Waals surface area contributed by atoms with Gasteiger partial charge in [-0.1, -0.05) is 36.4 Å². The monoisotopic (exact) mass is 403 g/mol. The Morgan fingerprint density at radius 1 is 1.00 bits per heavy atom. The first-order valence-corrected chi connectivity index (χ1v) is 10.5. The molecule has 2 N–H and O–H groups in total. The molecule has 1 aliphatic carbocycles. The number of benzene rings is 2. The van der Waals surface area contributed by atoms with E-state index in [9.17, 15) is 9.59 Å². The van der Waals surface area contributed by atoms with Crippen LogP contribution in [0.1, 0.15) is 43.0 Å². The molecule has 2 aromatic carbocycles. The van der Waals surface area contributed by atoms with Crippen molar-refractivity contribution in [1.82, 2.24) is 25.6 Å². The molecule has 1 aliphatic heterocycles. The Morgan fingerprint density at radius 3 is 2.40 bits per heavy atom. The molecule has 154 valence electrons. The van der Waals surface area contributed by atoms with Gasteiger partial charge >= 0.3 is 0 Å². The van der Waals surface area contributed by atoms with Crippen molar-refractivity contribution in [3.8, 4) is 11.1 Å². The maximum Gasteiger partial charge on any atom is 0.254 e. The zero-order valence-corrected chi connectivity index (χ0v) is 17.0. The summed E-state index contributed by atoms with van der Waals surface area (Å²) >= 11 is 0. The van der Waals surface area contributed by atoms with Crippen molar-refractivity contribution in [3.05, 3.63) is 48.0 Å². The topological polar surface area (TPSA) is 91.0 Å². The molecule has 1 saturated carbocycles. The lowest BCUT2D eigenvalue weighted by Crippen LogP contribution is -2.49. The molecule has 5 rings (SSSR count).